The average Bonchev–Trinajstić information content (AvgIpc) is 2.90. The Kier molecular flexibility index (Phi) is 8.69. The zero-order valence-electron chi connectivity index (χ0n) is 19.6. The average molecular weight is 566 g/mol. The van der Waals surface area contributed by atoms with E-state index in [1.165, 1.54) is 11.8 Å². The molecule has 0 saturated carbocycles. The summed E-state index contributed by atoms with van der Waals surface area (Å²) in [5.41, 5.74) is 2.33. The second kappa shape index (κ2) is 12.1. The minimum absolute atomic E-state index is 0.0406. The molecule has 4 rings (SSSR count). The first-order valence-electron chi connectivity index (χ1n) is 11.2. The maximum atomic E-state index is 13.5. The maximum Gasteiger partial charge on any atom is 0.262 e. The Bertz CT molecular complexity index is 1440. The number of thioether (sulfide) groups is 1. The Labute approximate surface area is 221 Å². The monoisotopic (exact) mass is 565 g/mol. The van der Waals surface area contributed by atoms with E-state index < -0.39 is 0 Å². The maximum absolute atomic E-state index is 13.5. The van der Waals surface area contributed by atoms with Gasteiger partial charge in [0.15, 0.2) is 10.9 Å². The van der Waals surface area contributed by atoms with Crippen LogP contribution in [0.2, 0.25) is 0 Å². The number of ketones is 1. The first-order valence-corrected chi connectivity index (χ1v) is 13.0. The molecular weight excluding hydrogens is 542 g/mol. The molecule has 184 valence electrons. The third kappa shape index (κ3) is 6.29. The van der Waals surface area contributed by atoms with Crippen molar-refractivity contribution in [3.63, 3.8) is 0 Å². The molecule has 0 aliphatic rings. The van der Waals surface area contributed by atoms with Crippen LogP contribution in [0.5, 0.6) is 0 Å². The number of nitrogens with one attached hydrogen (secondary N) is 1. The minimum atomic E-state index is -0.197. The highest BCUT2D eigenvalue weighted by molar-refractivity contribution is 9.10. The molecule has 0 saturated heterocycles. The van der Waals surface area contributed by atoms with Gasteiger partial charge in [-0.05, 0) is 35.9 Å². The highest BCUT2D eigenvalue weighted by Gasteiger charge is 2.15. The molecule has 1 amide bonds. The van der Waals surface area contributed by atoms with E-state index >= 15 is 0 Å². The van der Waals surface area contributed by atoms with Crippen LogP contribution in [-0.2, 0) is 11.3 Å². The van der Waals surface area contributed by atoms with Crippen LogP contribution in [-0.4, -0.2) is 47.3 Å². The van der Waals surface area contributed by atoms with Gasteiger partial charge in [0.2, 0.25) is 0 Å². The van der Waals surface area contributed by atoms with Crippen LogP contribution in [0.25, 0.3) is 10.9 Å². The summed E-state index contributed by atoms with van der Waals surface area (Å²) in [7, 11) is 1.58. The molecule has 9 heteroatoms. The van der Waals surface area contributed by atoms with Crippen molar-refractivity contribution >= 4 is 50.3 Å². The standard InChI is InChI=1S/C27H24BrN3O4S/c1-35-14-13-29-25(33)20-9-7-18(8-10-20)16-31-26(34)22-15-21(28)11-12-23(22)30-27(31)36-17-24(32)19-5-3-2-4-6-19/h2-12,15H,13-14,16-17H2,1H3,(H,29,33). The summed E-state index contributed by atoms with van der Waals surface area (Å²) < 4.78 is 7.31. The van der Waals surface area contributed by atoms with Crippen LogP contribution >= 0.6 is 27.7 Å². The number of amides is 1. The van der Waals surface area contributed by atoms with E-state index in [0.29, 0.717) is 40.3 Å². The van der Waals surface area contributed by atoms with Crippen LogP contribution in [0.1, 0.15) is 26.3 Å². The van der Waals surface area contributed by atoms with Crippen molar-refractivity contribution in [1.82, 2.24) is 14.9 Å². The number of methoxy groups -OCH3 is 1. The normalized spacial score (nSPS) is 10.9. The lowest BCUT2D eigenvalue weighted by Gasteiger charge is -2.14. The van der Waals surface area contributed by atoms with Gasteiger partial charge in [-0.25, -0.2) is 4.98 Å². The molecule has 0 spiro atoms. The molecule has 0 radical (unpaired) electrons. The molecule has 0 fully saturated rings. The topological polar surface area (TPSA) is 90.3 Å². The largest absolute Gasteiger partial charge is 0.383 e. The number of hydrogen-bond acceptors (Lipinski definition) is 6. The number of ether oxygens (including phenoxy) is 1. The highest BCUT2D eigenvalue weighted by atomic mass is 79.9. The van der Waals surface area contributed by atoms with Crippen molar-refractivity contribution in [2.24, 2.45) is 0 Å². The summed E-state index contributed by atoms with van der Waals surface area (Å²) in [5, 5.41) is 3.73. The third-order valence-corrected chi connectivity index (χ3v) is 6.93. The molecule has 36 heavy (non-hydrogen) atoms. The Balaban J connectivity index is 1.61. The van der Waals surface area contributed by atoms with Gasteiger partial charge in [0, 0.05) is 29.3 Å². The quantitative estimate of drug-likeness (QED) is 0.131. The predicted octanol–water partition coefficient (Wildman–Crippen LogP) is 4.56. The third-order valence-electron chi connectivity index (χ3n) is 5.46. The van der Waals surface area contributed by atoms with Gasteiger partial charge in [-0.2, -0.15) is 0 Å². The van der Waals surface area contributed by atoms with Gasteiger partial charge in [0.25, 0.3) is 11.5 Å². The Morgan fingerprint density at radius 2 is 1.78 bits per heavy atom. The number of carbonyl (C=O) groups is 2. The Hall–Kier alpha value is -3.27. The summed E-state index contributed by atoms with van der Waals surface area (Å²) in [6.07, 6.45) is 0. The molecule has 0 unspecified atom stereocenters. The van der Waals surface area contributed by atoms with E-state index in [2.05, 4.69) is 21.2 Å². The SMILES string of the molecule is COCCNC(=O)c1ccc(Cn2c(SCC(=O)c3ccccc3)nc3ccc(Br)cc3c2=O)cc1. The predicted molar refractivity (Wildman–Crippen MR) is 145 cm³/mol. The fourth-order valence-corrected chi connectivity index (χ4v) is 4.83. The van der Waals surface area contributed by atoms with E-state index in [4.69, 9.17) is 9.72 Å². The highest BCUT2D eigenvalue weighted by Crippen LogP contribution is 2.22. The number of nitrogens with zero attached hydrogens (tertiary/aromatic N) is 2. The van der Waals surface area contributed by atoms with Crippen molar-refractivity contribution in [2.75, 3.05) is 26.0 Å². The second-order valence-corrected chi connectivity index (χ2v) is 9.83. The van der Waals surface area contributed by atoms with E-state index in [0.717, 1.165) is 10.0 Å². The molecule has 4 aromatic rings. The zero-order valence-corrected chi connectivity index (χ0v) is 22.0. The van der Waals surface area contributed by atoms with Crippen molar-refractivity contribution in [2.45, 2.75) is 11.7 Å². The molecule has 1 heterocycles. The molecule has 1 aromatic heterocycles. The van der Waals surface area contributed by atoms with Crippen LogP contribution in [0, 0.1) is 0 Å². The molecule has 0 aliphatic heterocycles. The summed E-state index contributed by atoms with van der Waals surface area (Å²) in [5.74, 6) is -0.0798. The minimum Gasteiger partial charge on any atom is -0.383 e. The van der Waals surface area contributed by atoms with Crippen molar-refractivity contribution in [3.05, 3.63) is 104 Å². The lowest BCUT2D eigenvalue weighted by molar-refractivity contribution is 0.0936. The fourth-order valence-electron chi connectivity index (χ4n) is 3.57. The first kappa shape index (κ1) is 25.8. The molecular formula is C27H24BrN3O4S. The molecule has 7 nitrogen and oxygen atoms in total. The van der Waals surface area contributed by atoms with Crippen molar-refractivity contribution < 1.29 is 14.3 Å². The number of benzene rings is 3. The van der Waals surface area contributed by atoms with Gasteiger partial charge in [-0.3, -0.25) is 19.0 Å². The van der Waals surface area contributed by atoms with Crippen LogP contribution in [0.4, 0.5) is 0 Å². The lowest BCUT2D eigenvalue weighted by atomic mass is 10.1. The van der Waals surface area contributed by atoms with Crippen LogP contribution in [0.15, 0.2) is 87.2 Å². The lowest BCUT2D eigenvalue weighted by Crippen LogP contribution is -2.27. The molecule has 3 aromatic carbocycles. The number of halogens is 1. The number of carbonyl (C=O) groups excluding carboxylic acids is 2. The van der Waals surface area contributed by atoms with E-state index in [-0.39, 0.29) is 29.5 Å². The molecule has 0 bridgehead atoms. The molecule has 1 N–H and O–H groups in total. The van der Waals surface area contributed by atoms with E-state index in [1.54, 1.807) is 48.1 Å². The number of fused-ring (bicyclic) bond motifs is 1. The van der Waals surface area contributed by atoms with Gasteiger partial charge in [-0.15, -0.1) is 0 Å². The van der Waals surface area contributed by atoms with Crippen molar-refractivity contribution in [1.29, 1.82) is 0 Å². The van der Waals surface area contributed by atoms with Crippen LogP contribution < -0.4 is 10.9 Å². The zero-order chi connectivity index (χ0) is 25.5. The van der Waals surface area contributed by atoms with Crippen LogP contribution in [0.3, 0.4) is 0 Å². The summed E-state index contributed by atoms with van der Waals surface area (Å²) in [6.45, 7) is 1.11. The number of hydrogen-bond donors (Lipinski definition) is 1. The summed E-state index contributed by atoms with van der Waals surface area (Å²) >= 11 is 4.66. The van der Waals surface area contributed by atoms with Gasteiger partial charge < -0.3 is 10.1 Å². The first-order chi connectivity index (χ1) is 17.5. The number of aromatic nitrogens is 2. The second-order valence-electron chi connectivity index (χ2n) is 7.97. The number of Topliss-reactive ketones (excluding diaryl/α,β-unsaturated/α-hetero) is 1. The summed E-state index contributed by atoms with van der Waals surface area (Å²) in [6, 6.07) is 21.5. The Morgan fingerprint density at radius 1 is 1.03 bits per heavy atom. The van der Waals surface area contributed by atoms with Gasteiger partial charge >= 0.3 is 0 Å². The number of rotatable bonds is 10. The van der Waals surface area contributed by atoms with Gasteiger partial charge in [0.05, 0.1) is 29.8 Å². The fraction of sp³-hybridized carbons (Fsp3) is 0.185. The molecule has 0 aliphatic carbocycles. The Morgan fingerprint density at radius 3 is 2.50 bits per heavy atom. The van der Waals surface area contributed by atoms with E-state index in [9.17, 15) is 14.4 Å². The van der Waals surface area contributed by atoms with E-state index in [1.807, 2.05) is 36.4 Å². The van der Waals surface area contributed by atoms with Crippen molar-refractivity contribution in [3.8, 4) is 0 Å². The van der Waals surface area contributed by atoms with Gasteiger partial charge in [-0.1, -0.05) is 70.2 Å². The summed E-state index contributed by atoms with van der Waals surface area (Å²) in [4.78, 5) is 43.1. The smallest absolute Gasteiger partial charge is 0.262 e. The molecule has 0 atom stereocenters. The van der Waals surface area contributed by atoms with Gasteiger partial charge in [0.1, 0.15) is 0 Å².